The molecule has 28 heavy (non-hydrogen) atoms. The molecule has 6 nitrogen and oxygen atoms in total. The molecule has 1 atom stereocenters. The average Bonchev–Trinajstić information content (AvgIpc) is 3.10. The fourth-order valence-corrected chi connectivity index (χ4v) is 2.55. The summed E-state index contributed by atoms with van der Waals surface area (Å²) in [5.74, 6) is 0.186. The quantitative estimate of drug-likeness (QED) is 0.462. The van der Waals surface area contributed by atoms with Crippen molar-refractivity contribution in [3.8, 4) is 5.75 Å². The number of alkyl halides is 2. The minimum absolute atomic E-state index is 0.0344. The summed E-state index contributed by atoms with van der Waals surface area (Å²) in [5, 5.41) is 7.32. The number of benzene rings is 2. The number of hydrogen-bond acceptors (Lipinski definition) is 5. The van der Waals surface area contributed by atoms with Gasteiger partial charge in [0.05, 0.1) is 12.3 Å². The van der Waals surface area contributed by atoms with Crippen LogP contribution in [0.1, 0.15) is 24.3 Å². The van der Waals surface area contributed by atoms with E-state index in [1.54, 1.807) is 19.1 Å². The molecule has 0 aliphatic carbocycles. The van der Waals surface area contributed by atoms with E-state index in [-0.39, 0.29) is 18.4 Å². The molecule has 0 saturated heterocycles. The zero-order chi connectivity index (χ0) is 19.9. The number of nitrogens with zero attached hydrogens (tertiary/aromatic N) is 1. The molecule has 0 bridgehead atoms. The summed E-state index contributed by atoms with van der Waals surface area (Å²) >= 11 is 0. The Bertz CT molecular complexity index is 939. The van der Waals surface area contributed by atoms with Gasteiger partial charge in [-0.25, -0.2) is 0 Å². The summed E-state index contributed by atoms with van der Waals surface area (Å²) in [6.45, 7) is -1.49. The van der Waals surface area contributed by atoms with Gasteiger partial charge in [-0.15, -0.1) is 0 Å². The van der Waals surface area contributed by atoms with Crippen LogP contribution in [-0.4, -0.2) is 25.3 Å². The fourth-order valence-electron chi connectivity index (χ4n) is 2.55. The first-order chi connectivity index (χ1) is 13.5. The predicted molar refractivity (Wildman–Crippen MR) is 99.4 cm³/mol. The number of carbonyl (C=O) groups is 1. The Balaban J connectivity index is 1.51. The normalized spacial score (nSPS) is 12.4. The van der Waals surface area contributed by atoms with E-state index < -0.39 is 12.5 Å². The number of ether oxygens (including phenoxy) is 1. The van der Waals surface area contributed by atoms with Crippen LogP contribution in [0.2, 0.25) is 0 Å². The molecule has 3 aromatic rings. The molecule has 0 aliphatic rings. The van der Waals surface area contributed by atoms with Crippen molar-refractivity contribution < 1.29 is 27.6 Å². The van der Waals surface area contributed by atoms with Gasteiger partial charge in [0.15, 0.2) is 6.61 Å². The minimum atomic E-state index is -2.94. The van der Waals surface area contributed by atoms with Crippen molar-refractivity contribution in [2.24, 2.45) is 5.16 Å². The van der Waals surface area contributed by atoms with E-state index in [9.17, 15) is 13.6 Å². The van der Waals surface area contributed by atoms with Crippen molar-refractivity contribution in [1.29, 1.82) is 0 Å². The van der Waals surface area contributed by atoms with Crippen LogP contribution in [-0.2, 0) is 9.63 Å². The molecule has 0 fully saturated rings. The van der Waals surface area contributed by atoms with Gasteiger partial charge in [0.25, 0.3) is 5.91 Å². The van der Waals surface area contributed by atoms with Crippen molar-refractivity contribution in [3.63, 3.8) is 0 Å². The van der Waals surface area contributed by atoms with E-state index in [2.05, 4.69) is 15.2 Å². The fraction of sp³-hybridized carbons (Fsp3) is 0.200. The first-order valence-electron chi connectivity index (χ1n) is 8.50. The highest BCUT2D eigenvalue weighted by molar-refractivity contribution is 5.83. The van der Waals surface area contributed by atoms with Gasteiger partial charge in [0.2, 0.25) is 0 Å². The van der Waals surface area contributed by atoms with Gasteiger partial charge in [-0.3, -0.25) is 4.79 Å². The molecule has 3 rings (SSSR count). The molecule has 146 valence electrons. The van der Waals surface area contributed by atoms with Gasteiger partial charge in [-0.05, 0) is 31.2 Å². The lowest BCUT2D eigenvalue weighted by atomic mass is 10.2. The monoisotopic (exact) mass is 388 g/mol. The van der Waals surface area contributed by atoms with Gasteiger partial charge in [-0.2, -0.15) is 8.78 Å². The lowest BCUT2D eigenvalue weighted by molar-refractivity contribution is -0.126. The smallest absolute Gasteiger partial charge is 0.387 e. The number of rotatable bonds is 8. The third kappa shape index (κ3) is 5.06. The molecule has 1 unspecified atom stereocenters. The van der Waals surface area contributed by atoms with Crippen LogP contribution < -0.4 is 10.1 Å². The number of nitrogens with one attached hydrogen (secondary N) is 1. The second-order valence-electron chi connectivity index (χ2n) is 5.90. The number of hydrogen-bond donors (Lipinski definition) is 1. The van der Waals surface area contributed by atoms with Gasteiger partial charge < -0.3 is 19.3 Å². The van der Waals surface area contributed by atoms with Gasteiger partial charge in [0, 0.05) is 10.9 Å². The SMILES string of the molecule is CC(NC(=O)CO/N=C/c1ccccc1OC(F)F)c1cc2ccccc2o1. The van der Waals surface area contributed by atoms with E-state index in [1.165, 1.54) is 18.3 Å². The van der Waals surface area contributed by atoms with Crippen LogP contribution in [0.4, 0.5) is 8.78 Å². The number of furan rings is 1. The molecule has 1 aromatic heterocycles. The lowest BCUT2D eigenvalue weighted by Gasteiger charge is -2.10. The third-order valence-corrected chi connectivity index (χ3v) is 3.85. The van der Waals surface area contributed by atoms with E-state index in [0.29, 0.717) is 11.3 Å². The molecule has 2 aromatic carbocycles. The van der Waals surface area contributed by atoms with Crippen LogP contribution in [0.25, 0.3) is 11.0 Å². The largest absolute Gasteiger partial charge is 0.459 e. The molecule has 8 heteroatoms. The van der Waals surface area contributed by atoms with Crippen molar-refractivity contribution in [3.05, 3.63) is 65.9 Å². The Hall–Kier alpha value is -3.42. The number of para-hydroxylation sites is 2. The zero-order valence-electron chi connectivity index (χ0n) is 15.0. The van der Waals surface area contributed by atoms with Crippen molar-refractivity contribution >= 4 is 23.1 Å². The maximum atomic E-state index is 12.4. The Morgan fingerprint density at radius 2 is 1.96 bits per heavy atom. The van der Waals surface area contributed by atoms with Crippen LogP contribution >= 0.6 is 0 Å². The van der Waals surface area contributed by atoms with Gasteiger partial charge >= 0.3 is 6.61 Å². The molecule has 1 heterocycles. The highest BCUT2D eigenvalue weighted by atomic mass is 19.3. The number of carbonyl (C=O) groups excluding carboxylic acids is 1. The lowest BCUT2D eigenvalue weighted by Crippen LogP contribution is -2.29. The highest BCUT2D eigenvalue weighted by Crippen LogP contribution is 2.23. The number of oxime groups is 1. The molecule has 0 aliphatic heterocycles. The van der Waals surface area contributed by atoms with Gasteiger partial charge in [-0.1, -0.05) is 35.5 Å². The first kappa shape index (κ1) is 19.3. The van der Waals surface area contributed by atoms with Crippen LogP contribution in [0.15, 0.2) is 64.2 Å². The maximum Gasteiger partial charge on any atom is 0.387 e. The summed E-state index contributed by atoms with van der Waals surface area (Å²) in [7, 11) is 0. The number of fused-ring (bicyclic) bond motifs is 1. The topological polar surface area (TPSA) is 73.1 Å². The summed E-state index contributed by atoms with van der Waals surface area (Å²) in [6.07, 6.45) is 1.20. The molecular formula is C20H18F2N2O4. The zero-order valence-corrected chi connectivity index (χ0v) is 15.0. The van der Waals surface area contributed by atoms with E-state index in [0.717, 1.165) is 11.0 Å². The molecule has 0 saturated carbocycles. The van der Waals surface area contributed by atoms with Crippen LogP contribution in [0.3, 0.4) is 0 Å². The van der Waals surface area contributed by atoms with Crippen molar-refractivity contribution in [2.45, 2.75) is 19.6 Å². The minimum Gasteiger partial charge on any atom is -0.459 e. The average molecular weight is 388 g/mol. The third-order valence-electron chi connectivity index (χ3n) is 3.85. The molecule has 0 spiro atoms. The summed E-state index contributed by atoms with van der Waals surface area (Å²) in [6, 6.07) is 15.2. The van der Waals surface area contributed by atoms with Crippen LogP contribution in [0.5, 0.6) is 5.75 Å². The summed E-state index contributed by atoms with van der Waals surface area (Å²) in [4.78, 5) is 16.9. The standard InChI is InChI=1S/C20H18F2N2O4/c1-13(18-10-14-6-2-4-8-16(14)27-18)24-19(25)12-26-23-11-15-7-3-5-9-17(15)28-20(21)22/h2-11,13,20H,12H2,1H3,(H,24,25)/b23-11+. The van der Waals surface area contributed by atoms with Crippen molar-refractivity contribution in [2.75, 3.05) is 6.61 Å². The number of halogens is 2. The van der Waals surface area contributed by atoms with E-state index in [1.807, 2.05) is 30.3 Å². The molecular weight excluding hydrogens is 370 g/mol. The maximum absolute atomic E-state index is 12.4. The second-order valence-corrected chi connectivity index (χ2v) is 5.90. The van der Waals surface area contributed by atoms with Crippen molar-refractivity contribution in [1.82, 2.24) is 5.32 Å². The van der Waals surface area contributed by atoms with Crippen LogP contribution in [0, 0.1) is 0 Å². The Kier molecular flexibility index (Phi) is 6.21. The predicted octanol–water partition coefficient (Wildman–Crippen LogP) is 4.26. The Morgan fingerprint density at radius 1 is 1.21 bits per heavy atom. The second kappa shape index (κ2) is 8.98. The number of amides is 1. The van der Waals surface area contributed by atoms with E-state index >= 15 is 0 Å². The summed E-state index contributed by atoms with van der Waals surface area (Å²) in [5.41, 5.74) is 1.04. The Morgan fingerprint density at radius 3 is 2.75 bits per heavy atom. The first-order valence-corrected chi connectivity index (χ1v) is 8.50. The molecule has 0 radical (unpaired) electrons. The molecule has 1 N–H and O–H groups in total. The highest BCUT2D eigenvalue weighted by Gasteiger charge is 2.14. The van der Waals surface area contributed by atoms with Gasteiger partial charge in [0.1, 0.15) is 17.1 Å². The Labute approximate surface area is 159 Å². The summed E-state index contributed by atoms with van der Waals surface area (Å²) < 4.78 is 34.8. The van der Waals surface area contributed by atoms with E-state index in [4.69, 9.17) is 9.25 Å². The molecule has 1 amide bonds.